The van der Waals surface area contributed by atoms with Gasteiger partial charge in [0.25, 0.3) is 0 Å². The molecule has 1 atom stereocenters. The molecule has 0 saturated carbocycles. The highest BCUT2D eigenvalue weighted by atomic mass is 16.2. The lowest BCUT2D eigenvalue weighted by molar-refractivity contribution is -0.130. The topological polar surface area (TPSA) is 52.2 Å². The Kier molecular flexibility index (Phi) is 4.98. The molecule has 4 rings (SSSR count). The Labute approximate surface area is 155 Å². The molecule has 0 spiro atoms. The standard InChI is InChI=1S/C21H30N4O/c1-15-7-11-24(12-8-15)14-18-20(23-19-6-3-9-22-21(18)19)17-5-4-10-25(13-17)16(2)26/h3,6,9,15,17,23H,4-5,7-8,10-14H2,1-2H3/t17-/m0/s1. The molecule has 140 valence electrons. The quantitative estimate of drug-likeness (QED) is 0.917. The number of carbonyl (C=O) groups excluding carboxylic acids is 1. The number of likely N-dealkylation sites (tertiary alicyclic amines) is 2. The van der Waals surface area contributed by atoms with Crippen molar-refractivity contribution in [1.82, 2.24) is 19.8 Å². The van der Waals surface area contributed by atoms with Crippen LogP contribution in [0.4, 0.5) is 0 Å². The number of H-pyrrole nitrogens is 1. The first-order valence-electron chi connectivity index (χ1n) is 10.0. The van der Waals surface area contributed by atoms with Crippen molar-refractivity contribution in [3.05, 3.63) is 29.6 Å². The summed E-state index contributed by atoms with van der Waals surface area (Å²) in [5.41, 5.74) is 4.90. The summed E-state index contributed by atoms with van der Waals surface area (Å²) in [6.45, 7) is 9.07. The summed E-state index contributed by atoms with van der Waals surface area (Å²) in [5.74, 6) is 1.42. The van der Waals surface area contributed by atoms with E-state index >= 15 is 0 Å². The van der Waals surface area contributed by atoms with E-state index in [1.807, 2.05) is 17.2 Å². The molecule has 0 radical (unpaired) electrons. The average molecular weight is 354 g/mol. The molecule has 0 bridgehead atoms. The number of pyridine rings is 1. The predicted molar refractivity (Wildman–Crippen MR) is 104 cm³/mol. The van der Waals surface area contributed by atoms with Crippen molar-refractivity contribution < 1.29 is 4.79 Å². The number of piperidine rings is 2. The molecule has 2 saturated heterocycles. The maximum absolute atomic E-state index is 11.9. The van der Waals surface area contributed by atoms with Crippen molar-refractivity contribution in [3.8, 4) is 0 Å². The molecule has 1 N–H and O–H groups in total. The van der Waals surface area contributed by atoms with Crippen LogP contribution in [0.3, 0.4) is 0 Å². The number of hydrogen-bond donors (Lipinski definition) is 1. The first-order chi connectivity index (χ1) is 12.6. The Morgan fingerprint density at radius 1 is 1.27 bits per heavy atom. The van der Waals surface area contributed by atoms with Crippen LogP contribution in [0.15, 0.2) is 18.3 Å². The van der Waals surface area contributed by atoms with Gasteiger partial charge in [-0.2, -0.15) is 0 Å². The van der Waals surface area contributed by atoms with Crippen molar-refractivity contribution >= 4 is 16.9 Å². The van der Waals surface area contributed by atoms with Crippen LogP contribution in [0.25, 0.3) is 11.0 Å². The van der Waals surface area contributed by atoms with Gasteiger partial charge in [0.2, 0.25) is 5.91 Å². The predicted octanol–water partition coefficient (Wildman–Crippen LogP) is 3.52. The van der Waals surface area contributed by atoms with Gasteiger partial charge in [0.1, 0.15) is 0 Å². The van der Waals surface area contributed by atoms with Gasteiger partial charge in [-0.05, 0) is 56.8 Å². The Balaban J connectivity index is 1.64. The van der Waals surface area contributed by atoms with Gasteiger partial charge in [0.05, 0.1) is 11.0 Å². The molecule has 5 heteroatoms. The lowest BCUT2D eigenvalue weighted by atomic mass is 9.91. The first-order valence-corrected chi connectivity index (χ1v) is 10.0. The first kappa shape index (κ1) is 17.5. The fraction of sp³-hybridized carbons (Fsp3) is 0.619. The molecule has 2 fully saturated rings. The van der Waals surface area contributed by atoms with Crippen LogP contribution in [0.1, 0.15) is 56.7 Å². The number of nitrogens with zero attached hydrogens (tertiary/aromatic N) is 3. The van der Waals surface area contributed by atoms with Gasteiger partial charge in [0.15, 0.2) is 0 Å². The van der Waals surface area contributed by atoms with E-state index in [-0.39, 0.29) is 5.91 Å². The minimum absolute atomic E-state index is 0.190. The van der Waals surface area contributed by atoms with Crippen LogP contribution >= 0.6 is 0 Å². The van der Waals surface area contributed by atoms with Gasteiger partial charge in [-0.25, -0.2) is 0 Å². The number of hydrogen-bond acceptors (Lipinski definition) is 3. The summed E-state index contributed by atoms with van der Waals surface area (Å²) in [5, 5.41) is 0. The van der Waals surface area contributed by atoms with Gasteiger partial charge < -0.3 is 9.88 Å². The summed E-state index contributed by atoms with van der Waals surface area (Å²) in [6.07, 6.45) is 6.68. The zero-order valence-corrected chi connectivity index (χ0v) is 16.0. The Morgan fingerprint density at radius 3 is 2.85 bits per heavy atom. The van der Waals surface area contributed by atoms with Gasteiger partial charge in [-0.1, -0.05) is 6.92 Å². The molecule has 2 aliphatic rings. The third-order valence-electron chi connectivity index (χ3n) is 6.22. The Bertz CT molecular complexity index is 775. The van der Waals surface area contributed by atoms with E-state index in [9.17, 15) is 4.79 Å². The number of fused-ring (bicyclic) bond motifs is 1. The van der Waals surface area contributed by atoms with Crippen LogP contribution in [0.2, 0.25) is 0 Å². The molecule has 4 heterocycles. The second-order valence-electron chi connectivity index (χ2n) is 8.18. The smallest absolute Gasteiger partial charge is 0.219 e. The Hall–Kier alpha value is -1.88. The molecule has 0 unspecified atom stereocenters. The molecule has 2 aliphatic heterocycles. The molecule has 26 heavy (non-hydrogen) atoms. The molecule has 0 aromatic carbocycles. The SMILES string of the molecule is CC(=O)N1CCC[C@H](c2[nH]c3cccnc3c2CN2CCC(C)CC2)C1. The lowest BCUT2D eigenvalue weighted by Gasteiger charge is -2.33. The van der Waals surface area contributed by atoms with Crippen LogP contribution in [-0.4, -0.2) is 51.9 Å². The van der Waals surface area contributed by atoms with Crippen LogP contribution in [0, 0.1) is 5.92 Å². The molecule has 2 aromatic rings. The maximum atomic E-state index is 11.9. The summed E-state index contributed by atoms with van der Waals surface area (Å²) in [4.78, 5) is 24.8. The minimum Gasteiger partial charge on any atom is -0.357 e. The summed E-state index contributed by atoms with van der Waals surface area (Å²) >= 11 is 0. The van der Waals surface area contributed by atoms with Crippen LogP contribution in [0.5, 0.6) is 0 Å². The largest absolute Gasteiger partial charge is 0.357 e. The second kappa shape index (κ2) is 7.39. The van der Waals surface area contributed by atoms with E-state index in [1.54, 1.807) is 6.92 Å². The zero-order valence-electron chi connectivity index (χ0n) is 16.0. The molecule has 5 nitrogen and oxygen atoms in total. The number of rotatable bonds is 3. The van der Waals surface area contributed by atoms with E-state index in [4.69, 9.17) is 4.98 Å². The van der Waals surface area contributed by atoms with E-state index in [0.717, 1.165) is 49.4 Å². The number of carbonyl (C=O) groups is 1. The molecule has 2 aromatic heterocycles. The number of amides is 1. The molecular formula is C21H30N4O. The summed E-state index contributed by atoms with van der Waals surface area (Å²) in [6, 6.07) is 4.12. The fourth-order valence-corrected chi connectivity index (χ4v) is 4.55. The fourth-order valence-electron chi connectivity index (χ4n) is 4.55. The monoisotopic (exact) mass is 354 g/mol. The zero-order chi connectivity index (χ0) is 18.1. The number of nitrogens with one attached hydrogen (secondary N) is 1. The highest BCUT2D eigenvalue weighted by Crippen LogP contribution is 2.33. The number of aromatic amines is 1. The second-order valence-corrected chi connectivity index (χ2v) is 8.18. The third kappa shape index (κ3) is 3.50. The lowest BCUT2D eigenvalue weighted by Crippen LogP contribution is -2.38. The highest BCUT2D eigenvalue weighted by molar-refractivity contribution is 5.80. The van der Waals surface area contributed by atoms with E-state index in [0.29, 0.717) is 5.92 Å². The third-order valence-corrected chi connectivity index (χ3v) is 6.22. The maximum Gasteiger partial charge on any atom is 0.219 e. The van der Waals surface area contributed by atoms with E-state index in [2.05, 4.69) is 22.9 Å². The van der Waals surface area contributed by atoms with Gasteiger partial charge in [-0.3, -0.25) is 14.7 Å². The van der Waals surface area contributed by atoms with Gasteiger partial charge >= 0.3 is 0 Å². The highest BCUT2D eigenvalue weighted by Gasteiger charge is 2.28. The Morgan fingerprint density at radius 2 is 2.08 bits per heavy atom. The molecule has 1 amide bonds. The normalized spacial score (nSPS) is 22.8. The summed E-state index contributed by atoms with van der Waals surface area (Å²) < 4.78 is 0. The minimum atomic E-state index is 0.190. The van der Waals surface area contributed by atoms with Gasteiger partial charge in [0, 0.05) is 49.9 Å². The van der Waals surface area contributed by atoms with E-state index < -0.39 is 0 Å². The average Bonchev–Trinajstić information content (AvgIpc) is 3.02. The number of aromatic nitrogens is 2. The van der Waals surface area contributed by atoms with Crippen molar-refractivity contribution in [2.75, 3.05) is 26.2 Å². The summed E-state index contributed by atoms with van der Waals surface area (Å²) in [7, 11) is 0. The van der Waals surface area contributed by atoms with E-state index in [1.165, 1.54) is 37.2 Å². The van der Waals surface area contributed by atoms with Gasteiger partial charge in [-0.15, -0.1) is 0 Å². The van der Waals surface area contributed by atoms with Crippen molar-refractivity contribution in [2.24, 2.45) is 5.92 Å². The van der Waals surface area contributed by atoms with Crippen molar-refractivity contribution in [1.29, 1.82) is 0 Å². The van der Waals surface area contributed by atoms with Crippen molar-refractivity contribution in [3.63, 3.8) is 0 Å². The molecular weight excluding hydrogens is 324 g/mol. The molecule has 0 aliphatic carbocycles. The van der Waals surface area contributed by atoms with Crippen LogP contribution < -0.4 is 0 Å². The van der Waals surface area contributed by atoms with Crippen molar-refractivity contribution in [2.45, 2.75) is 52.0 Å². The van der Waals surface area contributed by atoms with Crippen LogP contribution in [-0.2, 0) is 11.3 Å².